The van der Waals surface area contributed by atoms with Gasteiger partial charge in [0.25, 0.3) is 0 Å². The van der Waals surface area contributed by atoms with Gasteiger partial charge in [-0.05, 0) is 36.8 Å². The molecule has 5 nitrogen and oxygen atoms in total. The monoisotopic (exact) mass is 305 g/mol. The summed E-state index contributed by atoms with van der Waals surface area (Å²) in [7, 11) is 1.89. The topological polar surface area (TPSA) is 79.1 Å². The van der Waals surface area contributed by atoms with Crippen LogP contribution < -0.4 is 11.1 Å². The van der Waals surface area contributed by atoms with Crippen molar-refractivity contribution in [1.82, 2.24) is 9.97 Å². The van der Waals surface area contributed by atoms with Gasteiger partial charge in [-0.25, -0.2) is 4.98 Å². The molecule has 3 rings (SSSR count). The molecule has 0 fully saturated rings. The highest BCUT2D eigenvalue weighted by Crippen LogP contribution is 2.24. The molecule has 2 aromatic heterocycles. The first-order valence-corrected chi connectivity index (χ1v) is 7.39. The summed E-state index contributed by atoms with van der Waals surface area (Å²) >= 11 is 0. The van der Waals surface area contributed by atoms with E-state index in [2.05, 4.69) is 20.3 Å². The van der Waals surface area contributed by atoms with Crippen molar-refractivity contribution in [3.05, 3.63) is 60.1 Å². The fourth-order valence-corrected chi connectivity index (χ4v) is 2.35. The van der Waals surface area contributed by atoms with Gasteiger partial charge in [0.05, 0.1) is 5.69 Å². The molecule has 5 heteroatoms. The highest BCUT2D eigenvalue weighted by Gasteiger charge is 2.03. The average molecular weight is 305 g/mol. The number of nitrogens with two attached hydrogens (primary N) is 1. The molecule has 0 radical (unpaired) electrons. The highest BCUT2D eigenvalue weighted by atomic mass is 14.8. The number of H-pyrrole nitrogens is 1. The van der Waals surface area contributed by atoms with Crippen LogP contribution in [0.25, 0.3) is 16.6 Å². The van der Waals surface area contributed by atoms with Crippen LogP contribution in [0.2, 0.25) is 0 Å². The van der Waals surface area contributed by atoms with Gasteiger partial charge in [0.2, 0.25) is 0 Å². The number of aromatic nitrogens is 2. The second-order valence-corrected chi connectivity index (χ2v) is 5.27. The predicted molar refractivity (Wildman–Crippen MR) is 97.1 cm³/mol. The van der Waals surface area contributed by atoms with Crippen molar-refractivity contribution in [2.75, 3.05) is 12.4 Å². The van der Waals surface area contributed by atoms with Crippen LogP contribution in [0.1, 0.15) is 11.1 Å². The normalized spacial score (nSPS) is 12.2. The van der Waals surface area contributed by atoms with Gasteiger partial charge < -0.3 is 16.0 Å². The van der Waals surface area contributed by atoms with Crippen LogP contribution in [0.5, 0.6) is 0 Å². The minimum absolute atomic E-state index is 0.829. The maximum atomic E-state index is 5.78. The summed E-state index contributed by atoms with van der Waals surface area (Å²) in [6.07, 6.45) is 6.99. The van der Waals surface area contributed by atoms with Crippen molar-refractivity contribution in [3.63, 3.8) is 0 Å². The number of aliphatic imine (C=N–C) groups is 1. The van der Waals surface area contributed by atoms with Crippen LogP contribution in [0.3, 0.4) is 0 Å². The van der Waals surface area contributed by atoms with Gasteiger partial charge in [0.15, 0.2) is 0 Å². The number of aryl methyl sites for hydroxylation is 1. The smallest absolute Gasteiger partial charge is 0.137 e. The SMILES string of the molecule is CNc1ccc(C)c(N=CC(=CN)c2cnc3[nH]ccc3c2)c1. The van der Waals surface area contributed by atoms with E-state index in [4.69, 9.17) is 5.73 Å². The number of hydrogen-bond donors (Lipinski definition) is 3. The molecule has 0 saturated heterocycles. The summed E-state index contributed by atoms with van der Waals surface area (Å²) in [6.45, 7) is 2.03. The lowest BCUT2D eigenvalue weighted by molar-refractivity contribution is 1.31. The van der Waals surface area contributed by atoms with Crippen molar-refractivity contribution in [2.24, 2.45) is 10.7 Å². The summed E-state index contributed by atoms with van der Waals surface area (Å²) < 4.78 is 0. The van der Waals surface area contributed by atoms with E-state index in [0.717, 1.165) is 39.1 Å². The Morgan fingerprint density at radius 3 is 2.96 bits per heavy atom. The average Bonchev–Trinajstić information content (AvgIpc) is 3.04. The number of hydrogen-bond acceptors (Lipinski definition) is 4. The molecule has 0 unspecified atom stereocenters. The number of benzene rings is 1. The van der Waals surface area contributed by atoms with E-state index in [9.17, 15) is 0 Å². The summed E-state index contributed by atoms with van der Waals surface area (Å²) in [5, 5.41) is 4.16. The first-order chi connectivity index (χ1) is 11.2. The molecule has 0 spiro atoms. The van der Waals surface area contributed by atoms with E-state index >= 15 is 0 Å². The van der Waals surface area contributed by atoms with Gasteiger partial charge in [-0.15, -0.1) is 0 Å². The quantitative estimate of drug-likeness (QED) is 0.644. The lowest BCUT2D eigenvalue weighted by Gasteiger charge is -2.05. The van der Waals surface area contributed by atoms with Crippen molar-refractivity contribution in [3.8, 4) is 0 Å². The van der Waals surface area contributed by atoms with Crippen molar-refractivity contribution in [1.29, 1.82) is 0 Å². The fraction of sp³-hybridized carbons (Fsp3) is 0.111. The molecular weight excluding hydrogens is 286 g/mol. The molecule has 0 aliphatic rings. The Morgan fingerprint density at radius 1 is 1.30 bits per heavy atom. The number of nitrogens with zero attached hydrogens (tertiary/aromatic N) is 2. The molecule has 23 heavy (non-hydrogen) atoms. The number of pyridine rings is 1. The number of fused-ring (bicyclic) bond motifs is 1. The van der Waals surface area contributed by atoms with Crippen LogP contribution in [-0.2, 0) is 0 Å². The number of allylic oxidation sites excluding steroid dienone is 1. The van der Waals surface area contributed by atoms with Crippen molar-refractivity contribution >= 4 is 34.2 Å². The van der Waals surface area contributed by atoms with Gasteiger partial charge in [0, 0.05) is 54.1 Å². The summed E-state index contributed by atoms with van der Waals surface area (Å²) in [5.74, 6) is 0. The van der Waals surface area contributed by atoms with E-state index in [0.29, 0.717) is 0 Å². The molecule has 0 bridgehead atoms. The van der Waals surface area contributed by atoms with Crippen LogP contribution in [-0.4, -0.2) is 23.2 Å². The molecule has 0 saturated carbocycles. The Morgan fingerprint density at radius 2 is 2.17 bits per heavy atom. The van der Waals surface area contributed by atoms with E-state index < -0.39 is 0 Å². The summed E-state index contributed by atoms with van der Waals surface area (Å²) in [5.41, 5.74) is 11.4. The Bertz CT molecular complexity index is 889. The van der Waals surface area contributed by atoms with Gasteiger partial charge in [-0.1, -0.05) is 6.07 Å². The van der Waals surface area contributed by atoms with E-state index in [1.165, 1.54) is 0 Å². The van der Waals surface area contributed by atoms with Gasteiger partial charge in [-0.2, -0.15) is 0 Å². The fourth-order valence-electron chi connectivity index (χ4n) is 2.35. The summed E-state index contributed by atoms with van der Waals surface area (Å²) in [4.78, 5) is 12.0. The third-order valence-electron chi connectivity index (χ3n) is 3.75. The molecule has 116 valence electrons. The first-order valence-electron chi connectivity index (χ1n) is 7.39. The lowest BCUT2D eigenvalue weighted by atomic mass is 10.1. The summed E-state index contributed by atoms with van der Waals surface area (Å²) in [6, 6.07) is 10.1. The number of rotatable bonds is 4. The third-order valence-corrected chi connectivity index (χ3v) is 3.75. The van der Waals surface area contributed by atoms with Crippen LogP contribution >= 0.6 is 0 Å². The van der Waals surface area contributed by atoms with Crippen molar-refractivity contribution < 1.29 is 0 Å². The van der Waals surface area contributed by atoms with Crippen LogP contribution in [0.15, 0.2) is 53.9 Å². The number of nitrogens with one attached hydrogen (secondary N) is 2. The molecule has 2 heterocycles. The maximum Gasteiger partial charge on any atom is 0.137 e. The Balaban J connectivity index is 1.93. The molecule has 1 aromatic carbocycles. The molecule has 0 aliphatic carbocycles. The molecular formula is C18H19N5. The minimum Gasteiger partial charge on any atom is -0.404 e. The van der Waals surface area contributed by atoms with Crippen LogP contribution in [0, 0.1) is 6.92 Å². The zero-order chi connectivity index (χ0) is 16.2. The first kappa shape index (κ1) is 14.8. The number of anilines is 1. The van der Waals surface area contributed by atoms with Crippen LogP contribution in [0.4, 0.5) is 11.4 Å². The lowest BCUT2D eigenvalue weighted by Crippen LogP contribution is -1.93. The van der Waals surface area contributed by atoms with E-state index in [1.54, 1.807) is 18.6 Å². The Kier molecular flexibility index (Phi) is 4.10. The second kappa shape index (κ2) is 6.36. The second-order valence-electron chi connectivity index (χ2n) is 5.27. The highest BCUT2D eigenvalue weighted by molar-refractivity contribution is 6.11. The van der Waals surface area contributed by atoms with E-state index in [-0.39, 0.29) is 0 Å². The standard InChI is InChI=1S/C18H19N5/c1-12-3-4-16(20-2)8-17(12)22-11-15(9-19)14-7-13-5-6-21-18(13)23-10-14/h3-11,20H,19H2,1-2H3,(H,21,23). The van der Waals surface area contributed by atoms with Gasteiger partial charge in [-0.3, -0.25) is 4.99 Å². The molecule has 0 aliphatic heterocycles. The Labute approximate surface area is 135 Å². The molecule has 0 atom stereocenters. The van der Waals surface area contributed by atoms with Crippen molar-refractivity contribution in [2.45, 2.75) is 6.92 Å². The van der Waals surface area contributed by atoms with Gasteiger partial charge >= 0.3 is 0 Å². The zero-order valence-corrected chi connectivity index (χ0v) is 13.2. The number of aromatic amines is 1. The van der Waals surface area contributed by atoms with E-state index in [1.807, 2.05) is 50.5 Å². The minimum atomic E-state index is 0.829. The molecule has 0 amide bonds. The van der Waals surface area contributed by atoms with Gasteiger partial charge in [0.1, 0.15) is 5.65 Å². The Hall–Kier alpha value is -3.08. The largest absolute Gasteiger partial charge is 0.404 e. The molecule has 3 aromatic rings. The molecule has 4 N–H and O–H groups in total. The predicted octanol–water partition coefficient (Wildman–Crippen LogP) is 3.62. The third kappa shape index (κ3) is 3.08. The zero-order valence-electron chi connectivity index (χ0n) is 13.2. The maximum absolute atomic E-state index is 5.78.